The summed E-state index contributed by atoms with van der Waals surface area (Å²) in [6.45, 7) is 0.618. The number of aromatic nitrogens is 2. The Hall–Kier alpha value is -1.14. The molecule has 0 radical (unpaired) electrons. The number of nitrogens with zero attached hydrogens (tertiary/aromatic N) is 3. The van der Waals surface area contributed by atoms with Gasteiger partial charge in [-0.3, -0.25) is 4.79 Å². The second-order valence-corrected chi connectivity index (χ2v) is 5.16. The molecule has 0 atom stereocenters. The Labute approximate surface area is 108 Å². The molecule has 0 fully saturated rings. The van der Waals surface area contributed by atoms with E-state index >= 15 is 0 Å². The van der Waals surface area contributed by atoms with E-state index in [9.17, 15) is 4.79 Å². The molecule has 0 N–H and O–H groups in total. The van der Waals surface area contributed by atoms with E-state index in [1.165, 1.54) is 11.7 Å². The van der Waals surface area contributed by atoms with E-state index in [0.29, 0.717) is 12.3 Å². The van der Waals surface area contributed by atoms with E-state index in [1.807, 2.05) is 31.5 Å². The van der Waals surface area contributed by atoms with Gasteiger partial charge < -0.3 is 4.90 Å². The number of hydrogen-bond acceptors (Lipinski definition) is 5. The van der Waals surface area contributed by atoms with Crippen LogP contribution in [0, 0.1) is 0 Å². The van der Waals surface area contributed by atoms with Gasteiger partial charge in [0.2, 0.25) is 5.91 Å². The molecule has 1 heterocycles. The molecule has 6 heteroatoms. The molecule has 0 aliphatic rings. The summed E-state index contributed by atoms with van der Waals surface area (Å²) in [4.78, 5) is 13.4. The third-order valence-corrected chi connectivity index (χ3v) is 3.52. The Morgan fingerprint density at radius 3 is 2.94 bits per heavy atom. The Morgan fingerprint density at radius 1 is 1.41 bits per heavy atom. The van der Waals surface area contributed by atoms with Gasteiger partial charge in [-0.05, 0) is 24.0 Å². The van der Waals surface area contributed by atoms with Crippen LogP contribution in [-0.4, -0.2) is 38.6 Å². The third-order valence-electron chi connectivity index (χ3n) is 2.43. The van der Waals surface area contributed by atoms with Crippen molar-refractivity contribution in [2.45, 2.75) is 6.54 Å². The molecule has 0 bridgehead atoms. The lowest BCUT2D eigenvalue weighted by Gasteiger charge is -2.16. The number of thioether (sulfide) groups is 1. The highest BCUT2D eigenvalue weighted by Crippen LogP contribution is 2.14. The predicted octanol–water partition coefficient (Wildman–Crippen LogP) is 2.01. The fourth-order valence-corrected chi connectivity index (χ4v) is 2.51. The zero-order chi connectivity index (χ0) is 12.3. The van der Waals surface area contributed by atoms with Crippen LogP contribution in [0.1, 0.15) is 5.56 Å². The normalized spacial score (nSPS) is 10.7. The fourth-order valence-electron chi connectivity index (χ4n) is 1.52. The second-order valence-electron chi connectivity index (χ2n) is 3.77. The topological polar surface area (TPSA) is 46.1 Å². The van der Waals surface area contributed by atoms with Crippen molar-refractivity contribution in [2.75, 3.05) is 19.1 Å². The van der Waals surface area contributed by atoms with Crippen LogP contribution in [0.3, 0.4) is 0 Å². The summed E-state index contributed by atoms with van der Waals surface area (Å²) in [5.41, 5.74) is 2.90. The van der Waals surface area contributed by atoms with Crippen LogP contribution in [0.5, 0.6) is 0 Å². The molecule has 1 aromatic carbocycles. The van der Waals surface area contributed by atoms with Crippen molar-refractivity contribution in [3.63, 3.8) is 0 Å². The lowest BCUT2D eigenvalue weighted by atomic mass is 10.2. The minimum Gasteiger partial charge on any atom is -0.341 e. The SMILES string of the molecule is CSCC(=O)N(C)Cc1ccc2nsnc2c1. The highest BCUT2D eigenvalue weighted by atomic mass is 32.2. The predicted molar refractivity (Wildman–Crippen MR) is 72.3 cm³/mol. The third kappa shape index (κ3) is 2.95. The zero-order valence-electron chi connectivity index (χ0n) is 9.71. The first-order valence-electron chi connectivity index (χ1n) is 5.15. The summed E-state index contributed by atoms with van der Waals surface area (Å²) in [7, 11) is 1.82. The van der Waals surface area contributed by atoms with Crippen molar-refractivity contribution < 1.29 is 4.79 Å². The number of hydrogen-bond donors (Lipinski definition) is 0. The Bertz CT molecular complexity index is 526. The maximum atomic E-state index is 11.6. The van der Waals surface area contributed by atoms with Crippen molar-refractivity contribution >= 4 is 40.4 Å². The van der Waals surface area contributed by atoms with Crippen molar-refractivity contribution in [1.29, 1.82) is 0 Å². The second kappa shape index (κ2) is 5.46. The fraction of sp³-hybridized carbons (Fsp3) is 0.364. The first-order chi connectivity index (χ1) is 8.20. The zero-order valence-corrected chi connectivity index (χ0v) is 11.3. The molecule has 0 aliphatic carbocycles. The van der Waals surface area contributed by atoms with Gasteiger partial charge in [-0.25, -0.2) is 0 Å². The maximum absolute atomic E-state index is 11.6. The molecule has 90 valence electrons. The van der Waals surface area contributed by atoms with Crippen molar-refractivity contribution in [3.8, 4) is 0 Å². The van der Waals surface area contributed by atoms with E-state index in [0.717, 1.165) is 16.6 Å². The smallest absolute Gasteiger partial charge is 0.232 e. The van der Waals surface area contributed by atoms with E-state index in [4.69, 9.17) is 0 Å². The molecule has 0 spiro atoms. The summed E-state index contributed by atoms with van der Waals surface area (Å²) in [6, 6.07) is 5.93. The Kier molecular flexibility index (Phi) is 3.96. The van der Waals surface area contributed by atoms with Crippen LogP contribution in [0.2, 0.25) is 0 Å². The average molecular weight is 267 g/mol. The van der Waals surface area contributed by atoms with Gasteiger partial charge >= 0.3 is 0 Å². The summed E-state index contributed by atoms with van der Waals surface area (Å²) < 4.78 is 8.34. The van der Waals surface area contributed by atoms with Gasteiger partial charge in [0, 0.05) is 13.6 Å². The number of carbonyl (C=O) groups is 1. The van der Waals surface area contributed by atoms with E-state index in [-0.39, 0.29) is 5.91 Å². The summed E-state index contributed by atoms with van der Waals surface area (Å²) in [6.07, 6.45) is 1.93. The summed E-state index contributed by atoms with van der Waals surface area (Å²) >= 11 is 2.75. The van der Waals surface area contributed by atoms with Crippen molar-refractivity contribution in [3.05, 3.63) is 23.8 Å². The van der Waals surface area contributed by atoms with Gasteiger partial charge in [0.05, 0.1) is 17.5 Å². The number of fused-ring (bicyclic) bond motifs is 1. The Morgan fingerprint density at radius 2 is 2.18 bits per heavy atom. The molecule has 1 aromatic heterocycles. The number of amides is 1. The monoisotopic (exact) mass is 267 g/mol. The highest BCUT2D eigenvalue weighted by Gasteiger charge is 2.09. The van der Waals surface area contributed by atoms with Crippen LogP contribution < -0.4 is 0 Å². The number of rotatable bonds is 4. The highest BCUT2D eigenvalue weighted by molar-refractivity contribution is 7.99. The molecule has 0 saturated heterocycles. The maximum Gasteiger partial charge on any atom is 0.232 e. The largest absolute Gasteiger partial charge is 0.341 e. The van der Waals surface area contributed by atoms with Crippen LogP contribution in [-0.2, 0) is 11.3 Å². The molecule has 2 aromatic rings. The van der Waals surface area contributed by atoms with E-state index in [1.54, 1.807) is 16.7 Å². The molecule has 0 aliphatic heterocycles. The van der Waals surface area contributed by atoms with Gasteiger partial charge in [-0.1, -0.05) is 6.07 Å². The lowest BCUT2D eigenvalue weighted by Crippen LogP contribution is -2.27. The Balaban J connectivity index is 2.09. The average Bonchev–Trinajstić information content (AvgIpc) is 2.76. The molecular formula is C11H13N3OS2. The quantitative estimate of drug-likeness (QED) is 0.850. The standard InChI is InChI=1S/C11H13N3OS2/c1-14(11(15)7-16-2)6-8-3-4-9-10(5-8)13-17-12-9/h3-5H,6-7H2,1-2H3. The van der Waals surface area contributed by atoms with E-state index in [2.05, 4.69) is 8.75 Å². The minimum atomic E-state index is 0.147. The molecule has 4 nitrogen and oxygen atoms in total. The molecule has 2 rings (SSSR count). The first kappa shape index (κ1) is 12.3. The minimum absolute atomic E-state index is 0.147. The van der Waals surface area contributed by atoms with Gasteiger partial charge in [-0.2, -0.15) is 20.5 Å². The van der Waals surface area contributed by atoms with Crippen LogP contribution in [0.4, 0.5) is 0 Å². The van der Waals surface area contributed by atoms with Gasteiger partial charge in [0.1, 0.15) is 11.0 Å². The van der Waals surface area contributed by atoms with Crippen molar-refractivity contribution in [1.82, 2.24) is 13.6 Å². The summed E-state index contributed by atoms with van der Waals surface area (Å²) in [5, 5.41) is 0. The first-order valence-corrected chi connectivity index (χ1v) is 7.27. The molecule has 17 heavy (non-hydrogen) atoms. The van der Waals surface area contributed by atoms with Gasteiger partial charge in [0.25, 0.3) is 0 Å². The summed E-state index contributed by atoms with van der Waals surface area (Å²) in [5.74, 6) is 0.672. The van der Waals surface area contributed by atoms with Crippen LogP contribution in [0.25, 0.3) is 11.0 Å². The van der Waals surface area contributed by atoms with Gasteiger partial charge in [-0.15, -0.1) is 0 Å². The molecule has 1 amide bonds. The molecule has 0 unspecified atom stereocenters. The lowest BCUT2D eigenvalue weighted by molar-refractivity contribution is -0.127. The van der Waals surface area contributed by atoms with Crippen LogP contribution >= 0.6 is 23.5 Å². The number of carbonyl (C=O) groups excluding carboxylic acids is 1. The van der Waals surface area contributed by atoms with Crippen molar-refractivity contribution in [2.24, 2.45) is 0 Å². The van der Waals surface area contributed by atoms with E-state index < -0.39 is 0 Å². The molecule has 0 saturated carbocycles. The van der Waals surface area contributed by atoms with Gasteiger partial charge in [0.15, 0.2) is 0 Å². The number of benzene rings is 1. The molecular weight excluding hydrogens is 254 g/mol. The van der Waals surface area contributed by atoms with Crippen LogP contribution in [0.15, 0.2) is 18.2 Å².